The van der Waals surface area contributed by atoms with Crippen molar-refractivity contribution in [2.75, 3.05) is 0 Å². The molecule has 0 aliphatic carbocycles. The fraction of sp³-hybridized carbons (Fsp3) is 0.154. The molecule has 0 bridgehead atoms. The van der Waals surface area contributed by atoms with Gasteiger partial charge < -0.3 is 14.7 Å². The number of fused-ring (bicyclic) bond motifs is 1. The van der Waals surface area contributed by atoms with Crippen molar-refractivity contribution in [3.63, 3.8) is 0 Å². The van der Waals surface area contributed by atoms with Crippen LogP contribution in [0.15, 0.2) is 43.1 Å². The fourth-order valence-electron chi connectivity index (χ4n) is 1.87. The zero-order valence-electron chi connectivity index (χ0n) is 10.2. The molecule has 1 amide bonds. The first kappa shape index (κ1) is 11.5. The molecule has 3 aromatic rings. The van der Waals surface area contributed by atoms with Crippen LogP contribution in [0.25, 0.3) is 5.65 Å². The van der Waals surface area contributed by atoms with Crippen LogP contribution in [0.5, 0.6) is 0 Å². The third-order valence-electron chi connectivity index (χ3n) is 2.79. The number of rotatable bonds is 4. The van der Waals surface area contributed by atoms with E-state index in [9.17, 15) is 4.79 Å². The molecule has 6 heteroatoms. The first-order valence-corrected chi connectivity index (χ1v) is 5.98. The Hall–Kier alpha value is -2.63. The third kappa shape index (κ3) is 2.62. The van der Waals surface area contributed by atoms with Crippen LogP contribution in [0.4, 0.5) is 0 Å². The van der Waals surface area contributed by atoms with E-state index in [0.717, 1.165) is 17.0 Å². The molecule has 0 fully saturated rings. The summed E-state index contributed by atoms with van der Waals surface area (Å²) in [5, 5.41) is 2.82. The second-order valence-corrected chi connectivity index (χ2v) is 4.23. The lowest BCUT2D eigenvalue weighted by Crippen LogP contribution is -2.24. The quantitative estimate of drug-likeness (QED) is 0.727. The Bertz CT molecular complexity index is 653. The molecule has 6 nitrogen and oxygen atoms in total. The number of pyridine rings is 1. The highest BCUT2D eigenvalue weighted by Crippen LogP contribution is 2.05. The summed E-state index contributed by atoms with van der Waals surface area (Å²) in [7, 11) is 0. The van der Waals surface area contributed by atoms with Crippen LogP contribution >= 0.6 is 0 Å². The van der Waals surface area contributed by atoms with Crippen molar-refractivity contribution in [1.82, 2.24) is 24.7 Å². The minimum atomic E-state index is -0.0574. The average molecular weight is 255 g/mol. The van der Waals surface area contributed by atoms with Gasteiger partial charge in [-0.3, -0.25) is 4.79 Å². The van der Waals surface area contributed by atoms with Crippen molar-refractivity contribution >= 4 is 11.6 Å². The van der Waals surface area contributed by atoms with Crippen molar-refractivity contribution in [1.29, 1.82) is 0 Å². The fourth-order valence-corrected chi connectivity index (χ4v) is 1.87. The molecule has 0 unspecified atom stereocenters. The van der Waals surface area contributed by atoms with Crippen LogP contribution in [-0.4, -0.2) is 25.3 Å². The van der Waals surface area contributed by atoms with Gasteiger partial charge in [0.2, 0.25) is 5.91 Å². The third-order valence-corrected chi connectivity index (χ3v) is 2.79. The van der Waals surface area contributed by atoms with Crippen LogP contribution in [0.3, 0.4) is 0 Å². The van der Waals surface area contributed by atoms with Gasteiger partial charge in [0, 0.05) is 18.6 Å². The minimum absolute atomic E-state index is 0.0574. The number of nitrogens with zero attached hydrogens (tertiary/aromatic N) is 3. The molecule has 3 aromatic heterocycles. The Morgan fingerprint density at radius 3 is 3.16 bits per heavy atom. The minimum Gasteiger partial charge on any atom is -0.350 e. The maximum atomic E-state index is 11.8. The molecular weight excluding hydrogens is 242 g/mol. The summed E-state index contributed by atoms with van der Waals surface area (Å²) in [6, 6.07) is 5.76. The van der Waals surface area contributed by atoms with E-state index in [4.69, 9.17) is 0 Å². The Labute approximate surface area is 109 Å². The van der Waals surface area contributed by atoms with E-state index in [1.54, 1.807) is 12.5 Å². The Morgan fingerprint density at radius 1 is 1.42 bits per heavy atom. The van der Waals surface area contributed by atoms with Gasteiger partial charge in [0.15, 0.2) is 0 Å². The number of aromatic amines is 1. The number of H-pyrrole nitrogens is 1. The standard InChI is InChI=1S/C13H13N5O/c19-13(15-7-11-6-14-9-16-11)5-10-8-18-4-2-1-3-12(18)17-10/h1-4,6,8-9H,5,7H2,(H,14,16)(H,15,19). The molecule has 3 heterocycles. The van der Waals surface area contributed by atoms with Crippen molar-refractivity contribution in [2.45, 2.75) is 13.0 Å². The smallest absolute Gasteiger partial charge is 0.226 e. The van der Waals surface area contributed by atoms with Gasteiger partial charge >= 0.3 is 0 Å². The van der Waals surface area contributed by atoms with Crippen LogP contribution in [0.1, 0.15) is 11.4 Å². The van der Waals surface area contributed by atoms with Gasteiger partial charge in [0.05, 0.1) is 30.7 Å². The largest absolute Gasteiger partial charge is 0.350 e. The normalized spacial score (nSPS) is 10.7. The number of carbonyl (C=O) groups excluding carboxylic acids is 1. The van der Waals surface area contributed by atoms with Crippen molar-refractivity contribution in [3.8, 4) is 0 Å². The number of imidazole rings is 2. The summed E-state index contributed by atoms with van der Waals surface area (Å²) in [5.41, 5.74) is 2.48. The van der Waals surface area contributed by atoms with Gasteiger partial charge in [0.25, 0.3) is 0 Å². The number of carbonyl (C=O) groups is 1. The molecule has 3 rings (SSSR count). The molecule has 0 aromatic carbocycles. The summed E-state index contributed by atoms with van der Waals surface area (Å²) in [5.74, 6) is -0.0574. The lowest BCUT2D eigenvalue weighted by Gasteiger charge is -2.01. The molecule has 2 N–H and O–H groups in total. The van der Waals surface area contributed by atoms with Gasteiger partial charge in [-0.1, -0.05) is 6.07 Å². The number of aromatic nitrogens is 4. The summed E-state index contributed by atoms with van der Waals surface area (Å²) in [6.07, 6.45) is 7.32. The first-order valence-electron chi connectivity index (χ1n) is 5.98. The maximum Gasteiger partial charge on any atom is 0.226 e. The van der Waals surface area contributed by atoms with E-state index < -0.39 is 0 Å². The van der Waals surface area contributed by atoms with Crippen molar-refractivity contribution < 1.29 is 4.79 Å². The monoisotopic (exact) mass is 255 g/mol. The Morgan fingerprint density at radius 2 is 2.37 bits per heavy atom. The molecule has 0 atom stereocenters. The van der Waals surface area contributed by atoms with Crippen LogP contribution < -0.4 is 5.32 Å². The van der Waals surface area contributed by atoms with Gasteiger partial charge in [-0.25, -0.2) is 9.97 Å². The van der Waals surface area contributed by atoms with Crippen molar-refractivity contribution in [3.05, 3.63) is 54.5 Å². The molecule has 0 saturated heterocycles. The topological polar surface area (TPSA) is 75.1 Å². The first-order chi connectivity index (χ1) is 9.31. The second kappa shape index (κ2) is 4.93. The van der Waals surface area contributed by atoms with E-state index in [0.29, 0.717) is 6.54 Å². The Balaban J connectivity index is 1.62. The highest BCUT2D eigenvalue weighted by molar-refractivity contribution is 5.78. The lowest BCUT2D eigenvalue weighted by atomic mass is 10.3. The van der Waals surface area contributed by atoms with E-state index in [-0.39, 0.29) is 12.3 Å². The lowest BCUT2D eigenvalue weighted by molar-refractivity contribution is -0.120. The SMILES string of the molecule is O=C(Cc1cn2ccccc2n1)NCc1cnc[nH]1. The van der Waals surface area contributed by atoms with Gasteiger partial charge in [-0.15, -0.1) is 0 Å². The highest BCUT2D eigenvalue weighted by atomic mass is 16.1. The van der Waals surface area contributed by atoms with Crippen LogP contribution in [0, 0.1) is 0 Å². The number of amides is 1. The van der Waals surface area contributed by atoms with E-state index in [2.05, 4.69) is 20.3 Å². The van der Waals surface area contributed by atoms with Gasteiger partial charge in [-0.2, -0.15) is 0 Å². The van der Waals surface area contributed by atoms with Gasteiger partial charge in [-0.05, 0) is 12.1 Å². The van der Waals surface area contributed by atoms with E-state index in [1.807, 2.05) is 35.0 Å². The average Bonchev–Trinajstić information content (AvgIpc) is 3.04. The van der Waals surface area contributed by atoms with Crippen LogP contribution in [0.2, 0.25) is 0 Å². The molecule has 0 aliphatic heterocycles. The summed E-state index contributed by atoms with van der Waals surface area (Å²) >= 11 is 0. The number of nitrogens with one attached hydrogen (secondary N) is 2. The predicted molar refractivity (Wildman–Crippen MR) is 69.3 cm³/mol. The van der Waals surface area contributed by atoms with Gasteiger partial charge in [0.1, 0.15) is 5.65 Å². The zero-order valence-corrected chi connectivity index (χ0v) is 10.2. The highest BCUT2D eigenvalue weighted by Gasteiger charge is 2.07. The predicted octanol–water partition coefficient (Wildman–Crippen LogP) is 0.916. The molecule has 19 heavy (non-hydrogen) atoms. The summed E-state index contributed by atoms with van der Waals surface area (Å²) in [4.78, 5) is 23.0. The molecule has 96 valence electrons. The summed E-state index contributed by atoms with van der Waals surface area (Å²) < 4.78 is 1.90. The zero-order chi connectivity index (χ0) is 13.1. The van der Waals surface area contributed by atoms with Crippen molar-refractivity contribution in [2.24, 2.45) is 0 Å². The molecule has 0 spiro atoms. The van der Waals surface area contributed by atoms with E-state index in [1.165, 1.54) is 0 Å². The molecular formula is C13H13N5O. The molecule has 0 radical (unpaired) electrons. The maximum absolute atomic E-state index is 11.8. The Kier molecular flexibility index (Phi) is 2.97. The summed E-state index contributed by atoms with van der Waals surface area (Å²) in [6.45, 7) is 0.451. The molecule has 0 saturated carbocycles. The number of hydrogen-bond acceptors (Lipinski definition) is 3. The second-order valence-electron chi connectivity index (χ2n) is 4.23. The number of hydrogen-bond donors (Lipinski definition) is 2. The van der Waals surface area contributed by atoms with Crippen LogP contribution in [-0.2, 0) is 17.8 Å². The molecule has 0 aliphatic rings. The van der Waals surface area contributed by atoms with E-state index >= 15 is 0 Å².